The summed E-state index contributed by atoms with van der Waals surface area (Å²) in [5, 5.41) is 0. The second-order valence-electron chi connectivity index (χ2n) is 2.60. The number of halogens is 1. The van der Waals surface area contributed by atoms with Gasteiger partial charge in [-0.15, -0.1) is 6.42 Å². The molecular weight excluding hydrogens is 169 g/mol. The summed E-state index contributed by atoms with van der Waals surface area (Å²) >= 11 is 0. The average Bonchev–Trinajstić information content (AvgIpc) is 2.03. The van der Waals surface area contributed by atoms with Gasteiger partial charge in [-0.05, 0) is 17.7 Å². The van der Waals surface area contributed by atoms with Crippen molar-refractivity contribution in [3.8, 4) is 12.3 Å². The molecule has 0 aromatic heterocycles. The van der Waals surface area contributed by atoms with Gasteiger partial charge in [0.15, 0.2) is 0 Å². The van der Waals surface area contributed by atoms with E-state index in [1.807, 2.05) is 0 Å². The Kier molecular flexibility index (Phi) is 2.65. The summed E-state index contributed by atoms with van der Waals surface area (Å²) in [4.78, 5) is 10.5. The lowest BCUT2D eigenvalue weighted by Gasteiger charge is -1.99. The van der Waals surface area contributed by atoms with E-state index < -0.39 is 11.7 Å². The van der Waals surface area contributed by atoms with Gasteiger partial charge in [-0.3, -0.25) is 4.79 Å². The first-order valence-corrected chi connectivity index (χ1v) is 3.67. The van der Waals surface area contributed by atoms with E-state index >= 15 is 0 Å². The number of rotatable bonds is 2. The molecule has 0 aliphatic rings. The fourth-order valence-corrected chi connectivity index (χ4v) is 0.987. The number of benzene rings is 1. The van der Waals surface area contributed by atoms with Crippen molar-refractivity contribution < 1.29 is 9.18 Å². The Morgan fingerprint density at radius 1 is 1.62 bits per heavy atom. The monoisotopic (exact) mass is 177 g/mol. The molecule has 0 fully saturated rings. The van der Waals surface area contributed by atoms with E-state index in [1.54, 1.807) is 6.07 Å². The quantitative estimate of drug-likeness (QED) is 0.668. The number of primary amides is 1. The van der Waals surface area contributed by atoms with Crippen molar-refractivity contribution in [3.63, 3.8) is 0 Å². The molecule has 1 aromatic rings. The van der Waals surface area contributed by atoms with E-state index in [0.29, 0.717) is 5.56 Å². The Morgan fingerprint density at radius 3 is 2.77 bits per heavy atom. The number of carbonyl (C=O) groups is 1. The molecule has 0 bridgehead atoms. The zero-order valence-corrected chi connectivity index (χ0v) is 6.88. The lowest BCUT2D eigenvalue weighted by atomic mass is 10.1. The van der Waals surface area contributed by atoms with Gasteiger partial charge in [0.05, 0.1) is 12.0 Å². The van der Waals surface area contributed by atoms with Gasteiger partial charge < -0.3 is 5.73 Å². The molecular formula is C10H8FNO. The van der Waals surface area contributed by atoms with Crippen molar-refractivity contribution >= 4 is 5.91 Å². The summed E-state index contributed by atoms with van der Waals surface area (Å²) < 4.78 is 13.0. The molecule has 1 aromatic carbocycles. The van der Waals surface area contributed by atoms with Gasteiger partial charge in [0.1, 0.15) is 5.82 Å². The standard InChI is InChI=1S/C10H8FNO/c1-2-8-4-3-7(5-9(8)11)6-10(12)13/h1,3-5H,6H2,(H2,12,13). The van der Waals surface area contributed by atoms with Crippen molar-refractivity contribution in [1.29, 1.82) is 0 Å². The van der Waals surface area contributed by atoms with Gasteiger partial charge in [-0.2, -0.15) is 0 Å². The normalized spacial score (nSPS) is 9.23. The highest BCUT2D eigenvalue weighted by Gasteiger charge is 2.03. The minimum absolute atomic E-state index is 0.0295. The molecule has 2 nitrogen and oxygen atoms in total. The molecule has 2 N–H and O–H groups in total. The molecule has 0 aliphatic heterocycles. The van der Waals surface area contributed by atoms with Crippen molar-refractivity contribution in [2.75, 3.05) is 0 Å². The molecule has 0 saturated carbocycles. The maximum absolute atomic E-state index is 13.0. The van der Waals surface area contributed by atoms with Crippen LogP contribution in [0.3, 0.4) is 0 Å². The van der Waals surface area contributed by atoms with Crippen LogP contribution in [0.5, 0.6) is 0 Å². The molecule has 66 valence electrons. The lowest BCUT2D eigenvalue weighted by Crippen LogP contribution is -2.13. The maximum Gasteiger partial charge on any atom is 0.221 e. The molecule has 1 rings (SSSR count). The number of terminal acetylenes is 1. The van der Waals surface area contributed by atoms with Gasteiger partial charge in [-0.25, -0.2) is 4.39 Å². The predicted octanol–water partition coefficient (Wildman–Crippen LogP) is 0.835. The van der Waals surface area contributed by atoms with E-state index in [4.69, 9.17) is 12.2 Å². The van der Waals surface area contributed by atoms with Crippen molar-refractivity contribution in [2.24, 2.45) is 5.73 Å². The molecule has 0 unspecified atom stereocenters. The maximum atomic E-state index is 13.0. The van der Waals surface area contributed by atoms with Crippen molar-refractivity contribution in [3.05, 3.63) is 35.1 Å². The molecule has 0 aliphatic carbocycles. The third kappa shape index (κ3) is 2.31. The summed E-state index contributed by atoms with van der Waals surface area (Å²) in [6.45, 7) is 0. The number of hydrogen-bond acceptors (Lipinski definition) is 1. The largest absolute Gasteiger partial charge is 0.369 e. The van der Waals surface area contributed by atoms with Gasteiger partial charge in [0, 0.05) is 0 Å². The van der Waals surface area contributed by atoms with Crippen LogP contribution in [-0.4, -0.2) is 5.91 Å². The average molecular weight is 177 g/mol. The molecule has 0 saturated heterocycles. The zero-order chi connectivity index (χ0) is 9.84. The smallest absolute Gasteiger partial charge is 0.221 e. The van der Waals surface area contributed by atoms with E-state index in [0.717, 1.165) is 0 Å². The molecule has 0 heterocycles. The Labute approximate surface area is 75.6 Å². The summed E-state index contributed by atoms with van der Waals surface area (Å²) in [5.74, 6) is 1.19. The van der Waals surface area contributed by atoms with Crippen LogP contribution in [0.4, 0.5) is 4.39 Å². The van der Waals surface area contributed by atoms with Crippen LogP contribution in [0.25, 0.3) is 0 Å². The minimum atomic E-state index is -0.499. The van der Waals surface area contributed by atoms with Gasteiger partial charge in [-0.1, -0.05) is 12.0 Å². The predicted molar refractivity (Wildman–Crippen MR) is 47.2 cm³/mol. The second kappa shape index (κ2) is 3.72. The molecule has 13 heavy (non-hydrogen) atoms. The van der Waals surface area contributed by atoms with Gasteiger partial charge >= 0.3 is 0 Å². The fraction of sp³-hybridized carbons (Fsp3) is 0.100. The van der Waals surface area contributed by atoms with Crippen LogP contribution in [0.1, 0.15) is 11.1 Å². The highest BCUT2D eigenvalue weighted by Crippen LogP contribution is 2.09. The highest BCUT2D eigenvalue weighted by molar-refractivity contribution is 5.76. The first-order chi connectivity index (χ1) is 6.13. The van der Waals surface area contributed by atoms with Crippen molar-refractivity contribution in [2.45, 2.75) is 6.42 Å². The minimum Gasteiger partial charge on any atom is -0.369 e. The molecule has 3 heteroatoms. The fourth-order valence-electron chi connectivity index (χ4n) is 0.987. The Balaban J connectivity index is 2.97. The van der Waals surface area contributed by atoms with E-state index in [9.17, 15) is 9.18 Å². The molecule has 0 radical (unpaired) electrons. The van der Waals surface area contributed by atoms with E-state index in [1.165, 1.54) is 12.1 Å². The SMILES string of the molecule is C#Cc1ccc(CC(N)=O)cc1F. The third-order valence-electron chi connectivity index (χ3n) is 1.57. The van der Waals surface area contributed by atoms with Crippen LogP contribution in [0, 0.1) is 18.2 Å². The number of nitrogens with two attached hydrogens (primary N) is 1. The number of amides is 1. The summed E-state index contributed by atoms with van der Waals surface area (Å²) in [7, 11) is 0. The Bertz CT molecular complexity index is 379. The first kappa shape index (κ1) is 9.27. The van der Waals surface area contributed by atoms with Crippen molar-refractivity contribution in [1.82, 2.24) is 0 Å². The highest BCUT2D eigenvalue weighted by atomic mass is 19.1. The molecule has 0 spiro atoms. The first-order valence-electron chi connectivity index (χ1n) is 3.67. The van der Waals surface area contributed by atoms with Crippen LogP contribution in [-0.2, 0) is 11.2 Å². The molecule has 0 atom stereocenters. The number of hydrogen-bond donors (Lipinski definition) is 1. The second-order valence-corrected chi connectivity index (χ2v) is 2.60. The topological polar surface area (TPSA) is 43.1 Å². The number of carbonyl (C=O) groups excluding carboxylic acids is 1. The van der Waals surface area contributed by atoms with Crippen LogP contribution < -0.4 is 5.73 Å². The summed E-state index contributed by atoms with van der Waals surface area (Å²) in [6.07, 6.45) is 5.05. The Morgan fingerprint density at radius 2 is 2.31 bits per heavy atom. The van der Waals surface area contributed by atoms with Crippen LogP contribution in [0.2, 0.25) is 0 Å². The zero-order valence-electron chi connectivity index (χ0n) is 6.88. The van der Waals surface area contributed by atoms with Crippen LogP contribution in [0.15, 0.2) is 18.2 Å². The van der Waals surface area contributed by atoms with E-state index in [2.05, 4.69) is 5.92 Å². The van der Waals surface area contributed by atoms with Gasteiger partial charge in [0.2, 0.25) is 5.91 Å². The summed E-state index contributed by atoms with van der Waals surface area (Å²) in [5.41, 5.74) is 5.66. The Hall–Kier alpha value is -1.82. The lowest BCUT2D eigenvalue weighted by molar-refractivity contribution is -0.117. The van der Waals surface area contributed by atoms with E-state index in [-0.39, 0.29) is 12.0 Å². The third-order valence-corrected chi connectivity index (χ3v) is 1.57. The summed E-state index contributed by atoms with van der Waals surface area (Å²) in [6, 6.07) is 4.26. The van der Waals surface area contributed by atoms with Gasteiger partial charge in [0.25, 0.3) is 0 Å². The van der Waals surface area contributed by atoms with Crippen LogP contribution >= 0.6 is 0 Å². The molecule has 1 amide bonds.